The molecule has 2 aromatic rings. The van der Waals surface area contributed by atoms with E-state index in [0.29, 0.717) is 11.5 Å². The minimum absolute atomic E-state index is 0.0856. The Kier molecular flexibility index (Phi) is 1.77. The summed E-state index contributed by atoms with van der Waals surface area (Å²) in [5.74, 6) is 0.291. The van der Waals surface area contributed by atoms with E-state index in [1.165, 1.54) is 6.26 Å². The predicted molar refractivity (Wildman–Crippen MR) is 47.6 cm³/mol. The summed E-state index contributed by atoms with van der Waals surface area (Å²) in [5, 5.41) is 0. The van der Waals surface area contributed by atoms with Gasteiger partial charge in [-0.1, -0.05) is 0 Å². The largest absolute Gasteiger partial charge is 0.461 e. The third kappa shape index (κ3) is 1.28. The molecule has 0 saturated heterocycles. The van der Waals surface area contributed by atoms with Gasteiger partial charge in [0.1, 0.15) is 0 Å². The van der Waals surface area contributed by atoms with E-state index in [-0.39, 0.29) is 5.78 Å². The molecule has 0 aliphatic rings. The van der Waals surface area contributed by atoms with Gasteiger partial charge in [-0.25, -0.2) is 0 Å². The van der Waals surface area contributed by atoms with Gasteiger partial charge in [0.25, 0.3) is 0 Å². The van der Waals surface area contributed by atoms with Crippen molar-refractivity contribution >= 4 is 5.78 Å². The molecule has 2 aromatic heterocycles. The van der Waals surface area contributed by atoms with Crippen LogP contribution in [0.2, 0.25) is 0 Å². The lowest BCUT2D eigenvalue weighted by Gasteiger charge is -1.98. The van der Waals surface area contributed by atoms with Crippen LogP contribution in [0.1, 0.15) is 16.2 Å². The number of carbonyl (C=O) groups is 1. The van der Waals surface area contributed by atoms with Crippen molar-refractivity contribution in [1.29, 1.82) is 0 Å². The van der Waals surface area contributed by atoms with Crippen LogP contribution in [0.15, 0.2) is 41.1 Å². The van der Waals surface area contributed by atoms with Crippen LogP contribution in [0.3, 0.4) is 0 Å². The number of carbonyl (C=O) groups excluding carboxylic acids is 1. The van der Waals surface area contributed by atoms with E-state index in [2.05, 4.69) is 0 Å². The summed E-state index contributed by atoms with van der Waals surface area (Å²) in [6, 6.07) is 6.96. The summed E-state index contributed by atoms with van der Waals surface area (Å²) in [6.45, 7) is 0. The van der Waals surface area contributed by atoms with Gasteiger partial charge in [0, 0.05) is 13.2 Å². The van der Waals surface area contributed by atoms with Gasteiger partial charge in [0.05, 0.1) is 12.0 Å². The molecule has 3 nitrogen and oxygen atoms in total. The Bertz CT molecular complexity index is 412. The molecule has 0 atom stereocenters. The second-order valence-electron chi connectivity index (χ2n) is 2.81. The van der Waals surface area contributed by atoms with E-state index in [0.717, 1.165) is 0 Å². The van der Waals surface area contributed by atoms with Gasteiger partial charge in [-0.05, 0) is 24.3 Å². The van der Waals surface area contributed by atoms with Crippen LogP contribution in [0, 0.1) is 0 Å². The van der Waals surface area contributed by atoms with E-state index in [1.54, 1.807) is 22.8 Å². The molecular formula is C10H9NO2. The molecule has 0 saturated carbocycles. The molecule has 0 spiro atoms. The standard InChI is InChI=1S/C10H9NO2/c1-11-6-2-4-8(11)10(12)9-5-3-7-13-9/h2-7H,1H3. The van der Waals surface area contributed by atoms with Crippen molar-refractivity contribution in [2.45, 2.75) is 0 Å². The quantitative estimate of drug-likeness (QED) is 0.653. The third-order valence-corrected chi connectivity index (χ3v) is 1.92. The van der Waals surface area contributed by atoms with Crippen LogP contribution in [-0.2, 0) is 7.05 Å². The van der Waals surface area contributed by atoms with Crippen LogP contribution in [0.25, 0.3) is 0 Å². The number of aromatic nitrogens is 1. The van der Waals surface area contributed by atoms with Gasteiger partial charge < -0.3 is 8.98 Å². The maximum absolute atomic E-state index is 11.7. The molecular weight excluding hydrogens is 166 g/mol. The lowest BCUT2D eigenvalue weighted by Crippen LogP contribution is -2.05. The zero-order valence-electron chi connectivity index (χ0n) is 7.23. The van der Waals surface area contributed by atoms with Gasteiger partial charge in [-0.2, -0.15) is 0 Å². The monoisotopic (exact) mass is 175 g/mol. The zero-order valence-corrected chi connectivity index (χ0v) is 7.23. The summed E-state index contributed by atoms with van der Waals surface area (Å²) >= 11 is 0. The van der Waals surface area contributed by atoms with Crippen LogP contribution >= 0.6 is 0 Å². The summed E-state index contributed by atoms with van der Waals surface area (Å²) < 4.78 is 6.78. The first-order valence-electron chi connectivity index (χ1n) is 3.98. The van der Waals surface area contributed by atoms with Gasteiger partial charge in [0.2, 0.25) is 5.78 Å². The molecule has 0 aliphatic carbocycles. The molecule has 0 radical (unpaired) electrons. The molecule has 13 heavy (non-hydrogen) atoms. The first kappa shape index (κ1) is 7.86. The third-order valence-electron chi connectivity index (χ3n) is 1.92. The van der Waals surface area contributed by atoms with Gasteiger partial charge >= 0.3 is 0 Å². The number of hydrogen-bond donors (Lipinski definition) is 0. The Balaban J connectivity index is 2.39. The molecule has 3 heteroatoms. The summed E-state index contributed by atoms with van der Waals surface area (Å²) in [5.41, 5.74) is 0.634. The molecule has 0 fully saturated rings. The molecule has 0 amide bonds. The molecule has 0 bridgehead atoms. The number of ketones is 1. The van der Waals surface area contributed by atoms with Gasteiger partial charge in [-0.3, -0.25) is 4.79 Å². The number of hydrogen-bond acceptors (Lipinski definition) is 2. The fraction of sp³-hybridized carbons (Fsp3) is 0.100. The van der Waals surface area contributed by atoms with Crippen LogP contribution in [0.4, 0.5) is 0 Å². The fourth-order valence-corrected chi connectivity index (χ4v) is 1.23. The lowest BCUT2D eigenvalue weighted by molar-refractivity contribution is 0.100. The highest BCUT2D eigenvalue weighted by molar-refractivity contribution is 6.05. The number of rotatable bonds is 2. The number of furan rings is 1. The van der Waals surface area contributed by atoms with E-state index in [1.807, 2.05) is 19.3 Å². The highest BCUT2D eigenvalue weighted by Gasteiger charge is 2.13. The molecule has 0 unspecified atom stereocenters. The number of nitrogens with zero attached hydrogens (tertiary/aromatic N) is 1. The van der Waals surface area contributed by atoms with Crippen molar-refractivity contribution in [3.8, 4) is 0 Å². The number of aryl methyl sites for hydroxylation is 1. The summed E-state index contributed by atoms with van der Waals surface area (Å²) in [7, 11) is 1.83. The summed E-state index contributed by atoms with van der Waals surface area (Å²) in [4.78, 5) is 11.7. The van der Waals surface area contributed by atoms with Crippen molar-refractivity contribution in [2.24, 2.45) is 7.05 Å². The normalized spacial score (nSPS) is 10.2. The van der Waals surface area contributed by atoms with Gasteiger partial charge in [-0.15, -0.1) is 0 Å². The van der Waals surface area contributed by atoms with E-state index < -0.39 is 0 Å². The van der Waals surface area contributed by atoms with E-state index in [4.69, 9.17) is 4.42 Å². The smallest absolute Gasteiger partial charge is 0.244 e. The minimum Gasteiger partial charge on any atom is -0.461 e. The van der Waals surface area contributed by atoms with Crippen molar-refractivity contribution in [2.75, 3.05) is 0 Å². The first-order valence-corrected chi connectivity index (χ1v) is 3.98. The Hall–Kier alpha value is -1.77. The molecule has 2 heterocycles. The van der Waals surface area contributed by atoms with Crippen molar-refractivity contribution in [3.63, 3.8) is 0 Å². The highest BCUT2D eigenvalue weighted by Crippen LogP contribution is 2.09. The van der Waals surface area contributed by atoms with Crippen LogP contribution in [-0.4, -0.2) is 10.4 Å². The van der Waals surface area contributed by atoms with Crippen molar-refractivity contribution in [3.05, 3.63) is 48.2 Å². The zero-order chi connectivity index (χ0) is 9.26. The Morgan fingerprint density at radius 2 is 2.23 bits per heavy atom. The predicted octanol–water partition coefficient (Wildman–Crippen LogP) is 1.85. The SMILES string of the molecule is Cn1cccc1C(=O)c1ccco1. The first-order chi connectivity index (χ1) is 6.29. The molecule has 0 N–H and O–H groups in total. The Morgan fingerprint density at radius 1 is 1.38 bits per heavy atom. The second kappa shape index (κ2) is 2.94. The molecule has 66 valence electrons. The summed E-state index contributed by atoms with van der Waals surface area (Å²) in [6.07, 6.45) is 3.33. The average Bonchev–Trinajstić information content (AvgIpc) is 2.72. The molecule has 0 aromatic carbocycles. The van der Waals surface area contributed by atoms with Crippen molar-refractivity contribution in [1.82, 2.24) is 4.57 Å². The molecule has 2 rings (SSSR count). The van der Waals surface area contributed by atoms with E-state index >= 15 is 0 Å². The van der Waals surface area contributed by atoms with Gasteiger partial charge in [0.15, 0.2) is 5.76 Å². The highest BCUT2D eigenvalue weighted by atomic mass is 16.3. The fourth-order valence-electron chi connectivity index (χ4n) is 1.23. The maximum Gasteiger partial charge on any atom is 0.244 e. The van der Waals surface area contributed by atoms with E-state index in [9.17, 15) is 4.79 Å². The Morgan fingerprint density at radius 3 is 2.77 bits per heavy atom. The minimum atomic E-state index is -0.0856. The molecule has 0 aliphatic heterocycles. The topological polar surface area (TPSA) is 35.1 Å². The lowest BCUT2D eigenvalue weighted by atomic mass is 10.2. The van der Waals surface area contributed by atoms with Crippen LogP contribution in [0.5, 0.6) is 0 Å². The second-order valence-corrected chi connectivity index (χ2v) is 2.81. The van der Waals surface area contributed by atoms with Crippen LogP contribution < -0.4 is 0 Å². The van der Waals surface area contributed by atoms with Crippen molar-refractivity contribution < 1.29 is 9.21 Å². The Labute approximate surface area is 75.6 Å². The average molecular weight is 175 g/mol. The maximum atomic E-state index is 11.7.